The van der Waals surface area contributed by atoms with E-state index in [4.69, 9.17) is 16.3 Å². The van der Waals surface area contributed by atoms with E-state index in [1.54, 1.807) is 30.1 Å². The van der Waals surface area contributed by atoms with Crippen LogP contribution >= 0.6 is 23.4 Å². The molecule has 1 N–H and O–H groups in total. The minimum atomic E-state index is -0.310. The Labute approximate surface area is 236 Å². The van der Waals surface area contributed by atoms with Crippen LogP contribution in [0, 0.1) is 0 Å². The molecule has 0 radical (unpaired) electrons. The number of nitrogens with one attached hydrogen (secondary N) is 1. The van der Waals surface area contributed by atoms with Gasteiger partial charge in [-0.25, -0.2) is 5.43 Å². The number of ether oxygens (including phenoxy) is 1. The number of halogens is 1. The van der Waals surface area contributed by atoms with Crippen LogP contribution in [0.15, 0.2) is 108 Å². The molecule has 1 aliphatic heterocycles. The molecular weight excluding hydrogens is 530 g/mol. The molecule has 1 aliphatic rings. The molecule has 1 saturated heterocycles. The molecule has 39 heavy (non-hydrogen) atoms. The monoisotopic (exact) mass is 555 g/mol. The highest BCUT2D eigenvalue weighted by atomic mass is 35.5. The lowest BCUT2D eigenvalue weighted by Crippen LogP contribution is -2.27. The van der Waals surface area contributed by atoms with Crippen molar-refractivity contribution in [3.05, 3.63) is 136 Å². The Balaban J connectivity index is 1.13. The van der Waals surface area contributed by atoms with E-state index >= 15 is 0 Å². The Morgan fingerprint density at radius 2 is 1.72 bits per heavy atom. The maximum atomic E-state index is 12.6. The van der Waals surface area contributed by atoms with Crippen LogP contribution in [0.5, 0.6) is 5.75 Å². The molecule has 5 rings (SSSR count). The minimum Gasteiger partial charge on any atom is -0.489 e. The lowest BCUT2D eigenvalue weighted by Gasteiger charge is -2.24. The molecule has 0 bridgehead atoms. The fourth-order valence-electron chi connectivity index (χ4n) is 4.15. The van der Waals surface area contributed by atoms with E-state index in [1.807, 2.05) is 95.9 Å². The molecular formula is C31H26ClN3O3S. The van der Waals surface area contributed by atoms with Crippen LogP contribution in [-0.4, -0.2) is 28.7 Å². The summed E-state index contributed by atoms with van der Waals surface area (Å²) in [6.45, 7) is 0.979. The predicted octanol–water partition coefficient (Wildman–Crippen LogP) is 6.46. The second kappa shape index (κ2) is 12.7. The third kappa shape index (κ3) is 7.07. The summed E-state index contributed by atoms with van der Waals surface area (Å²) >= 11 is 7.61. The Hall–Kier alpha value is -4.07. The zero-order valence-electron chi connectivity index (χ0n) is 21.0. The van der Waals surface area contributed by atoms with Crippen LogP contribution in [-0.2, 0) is 17.9 Å². The Morgan fingerprint density at radius 1 is 0.974 bits per heavy atom. The number of amides is 2. The molecule has 196 valence electrons. The first-order valence-corrected chi connectivity index (χ1v) is 13.8. The van der Waals surface area contributed by atoms with Gasteiger partial charge in [-0.3, -0.25) is 9.59 Å². The number of carbonyl (C=O) groups is 2. The molecule has 8 heteroatoms. The fourth-order valence-corrected chi connectivity index (χ4v) is 5.55. The van der Waals surface area contributed by atoms with Gasteiger partial charge < -0.3 is 9.64 Å². The molecule has 1 heterocycles. The quantitative estimate of drug-likeness (QED) is 0.190. The second-order valence-corrected chi connectivity index (χ2v) is 10.5. The highest BCUT2D eigenvalue weighted by molar-refractivity contribution is 8.00. The van der Waals surface area contributed by atoms with Gasteiger partial charge in [0.25, 0.3) is 5.91 Å². The maximum absolute atomic E-state index is 12.6. The van der Waals surface area contributed by atoms with Crippen molar-refractivity contribution >= 4 is 41.4 Å². The first kappa shape index (κ1) is 26.5. The number of hydrogen-bond donors (Lipinski definition) is 1. The van der Waals surface area contributed by atoms with Crippen molar-refractivity contribution in [3.63, 3.8) is 0 Å². The summed E-state index contributed by atoms with van der Waals surface area (Å²) < 4.78 is 5.80. The molecule has 1 fully saturated rings. The molecule has 0 aliphatic carbocycles. The van der Waals surface area contributed by atoms with E-state index in [9.17, 15) is 9.59 Å². The number of nitrogens with zero attached hydrogens (tertiary/aromatic N) is 2. The van der Waals surface area contributed by atoms with Gasteiger partial charge in [0.05, 0.1) is 12.0 Å². The SMILES string of the molecule is O=C(N/N=C\c1ccc(OCc2cccc(Cl)c2)cc1)c1ccc([C@H]2SCC(=O)N2Cc2ccccc2)cc1. The van der Waals surface area contributed by atoms with Gasteiger partial charge in [0.1, 0.15) is 17.7 Å². The van der Waals surface area contributed by atoms with E-state index in [1.165, 1.54) is 0 Å². The minimum absolute atomic E-state index is 0.0784. The topological polar surface area (TPSA) is 71.0 Å². The van der Waals surface area contributed by atoms with Crippen LogP contribution in [0.2, 0.25) is 5.02 Å². The van der Waals surface area contributed by atoms with Crippen LogP contribution < -0.4 is 10.2 Å². The highest BCUT2D eigenvalue weighted by Crippen LogP contribution is 2.39. The zero-order chi connectivity index (χ0) is 27.0. The highest BCUT2D eigenvalue weighted by Gasteiger charge is 2.32. The number of carbonyl (C=O) groups excluding carboxylic acids is 2. The largest absolute Gasteiger partial charge is 0.489 e. The van der Waals surface area contributed by atoms with Gasteiger partial charge in [-0.1, -0.05) is 66.2 Å². The number of benzene rings is 4. The van der Waals surface area contributed by atoms with Crippen LogP contribution in [0.1, 0.15) is 38.0 Å². The van der Waals surface area contributed by atoms with Gasteiger partial charge in [0.2, 0.25) is 5.91 Å². The molecule has 4 aromatic rings. The summed E-state index contributed by atoms with van der Waals surface area (Å²) in [6, 6.07) is 32.2. The molecule has 2 amide bonds. The maximum Gasteiger partial charge on any atom is 0.271 e. The van der Waals surface area contributed by atoms with Crippen molar-refractivity contribution in [2.24, 2.45) is 5.10 Å². The average molecular weight is 556 g/mol. The lowest BCUT2D eigenvalue weighted by atomic mass is 10.1. The van der Waals surface area contributed by atoms with E-state index < -0.39 is 0 Å². The lowest BCUT2D eigenvalue weighted by molar-refractivity contribution is -0.128. The standard InChI is InChI=1S/C31H26ClN3O3S/c32-27-8-4-7-24(17-27)20-38-28-15-9-22(10-16-28)18-33-34-30(37)25-11-13-26(14-12-25)31-35(29(36)21-39-31)19-23-5-2-1-3-6-23/h1-18,31H,19-21H2,(H,34,37)/b33-18-/t31-/m1/s1. The van der Waals surface area contributed by atoms with Crippen molar-refractivity contribution in [1.82, 2.24) is 10.3 Å². The smallest absolute Gasteiger partial charge is 0.271 e. The summed E-state index contributed by atoms with van der Waals surface area (Å²) in [6.07, 6.45) is 1.58. The van der Waals surface area contributed by atoms with Crippen LogP contribution in [0.3, 0.4) is 0 Å². The first-order valence-electron chi connectivity index (χ1n) is 12.4. The van der Waals surface area contributed by atoms with Crippen LogP contribution in [0.25, 0.3) is 0 Å². The molecule has 4 aromatic carbocycles. The van der Waals surface area contributed by atoms with E-state index in [2.05, 4.69) is 10.5 Å². The molecule has 0 spiro atoms. The fraction of sp³-hybridized carbons (Fsp3) is 0.129. The molecule has 1 atom stereocenters. The third-order valence-electron chi connectivity index (χ3n) is 6.18. The number of rotatable bonds is 9. The summed E-state index contributed by atoms with van der Waals surface area (Å²) in [5.41, 5.74) is 6.95. The van der Waals surface area contributed by atoms with Crippen LogP contribution in [0.4, 0.5) is 0 Å². The van der Waals surface area contributed by atoms with Gasteiger partial charge in [0.15, 0.2) is 0 Å². The van der Waals surface area contributed by atoms with Crippen molar-refractivity contribution in [2.75, 3.05) is 5.75 Å². The van der Waals surface area contributed by atoms with E-state index in [0.717, 1.165) is 28.0 Å². The van der Waals surface area contributed by atoms with Crippen molar-refractivity contribution in [1.29, 1.82) is 0 Å². The zero-order valence-corrected chi connectivity index (χ0v) is 22.6. The Morgan fingerprint density at radius 3 is 2.46 bits per heavy atom. The summed E-state index contributed by atoms with van der Waals surface area (Å²) in [5, 5.41) is 4.68. The Bertz CT molecular complexity index is 1460. The van der Waals surface area contributed by atoms with Crippen molar-refractivity contribution in [3.8, 4) is 5.75 Å². The van der Waals surface area contributed by atoms with E-state index in [-0.39, 0.29) is 17.2 Å². The molecule has 0 aromatic heterocycles. The van der Waals surface area contributed by atoms with Crippen molar-refractivity contribution in [2.45, 2.75) is 18.5 Å². The summed E-state index contributed by atoms with van der Waals surface area (Å²) in [4.78, 5) is 27.0. The summed E-state index contributed by atoms with van der Waals surface area (Å²) in [7, 11) is 0. The van der Waals surface area contributed by atoms with Gasteiger partial charge >= 0.3 is 0 Å². The van der Waals surface area contributed by atoms with Gasteiger partial charge in [-0.05, 0) is 70.8 Å². The molecule has 0 unspecified atom stereocenters. The van der Waals surface area contributed by atoms with Gasteiger partial charge in [0, 0.05) is 17.1 Å². The molecule has 0 saturated carbocycles. The van der Waals surface area contributed by atoms with Crippen molar-refractivity contribution < 1.29 is 14.3 Å². The normalized spacial score (nSPS) is 15.1. The number of hydrogen-bond acceptors (Lipinski definition) is 5. The molecule has 6 nitrogen and oxygen atoms in total. The van der Waals surface area contributed by atoms with Gasteiger partial charge in [-0.2, -0.15) is 5.10 Å². The second-order valence-electron chi connectivity index (χ2n) is 8.98. The summed E-state index contributed by atoms with van der Waals surface area (Å²) in [5.74, 6) is 0.977. The first-order chi connectivity index (χ1) is 19.0. The van der Waals surface area contributed by atoms with E-state index in [0.29, 0.717) is 29.5 Å². The number of thioether (sulfide) groups is 1. The Kier molecular flexibility index (Phi) is 8.61. The third-order valence-corrected chi connectivity index (χ3v) is 7.67. The van der Waals surface area contributed by atoms with Gasteiger partial charge in [-0.15, -0.1) is 11.8 Å². The average Bonchev–Trinajstić information content (AvgIpc) is 3.32. The number of hydrazone groups is 1. The predicted molar refractivity (Wildman–Crippen MR) is 156 cm³/mol.